The quantitative estimate of drug-likeness (QED) is 0.531. The van der Waals surface area contributed by atoms with Crippen molar-refractivity contribution in [3.05, 3.63) is 24.3 Å². The monoisotopic (exact) mass is 232 g/mol. The van der Waals surface area contributed by atoms with Gasteiger partial charge in [0.15, 0.2) is 0 Å². The Hall–Kier alpha value is -0.870. The van der Waals surface area contributed by atoms with Crippen molar-refractivity contribution < 1.29 is 24.8 Å². The molecule has 2 atom stereocenters. The predicted molar refractivity (Wildman–Crippen MR) is 55.5 cm³/mol. The third-order valence-electron chi connectivity index (χ3n) is 1.93. The highest BCUT2D eigenvalue weighted by atomic mass is 31.2. The fraction of sp³-hybridized carbons (Fsp3) is 0.333. The second kappa shape index (κ2) is 4.77. The average Bonchev–Trinajstić information content (AvgIpc) is 2.17. The number of para-hydroxylation sites is 1. The van der Waals surface area contributed by atoms with Crippen LogP contribution in [0.4, 0.5) is 0 Å². The van der Waals surface area contributed by atoms with Gasteiger partial charge in [-0.3, -0.25) is 4.57 Å². The Morgan fingerprint density at radius 3 is 2.47 bits per heavy atom. The van der Waals surface area contributed by atoms with Gasteiger partial charge in [0, 0.05) is 0 Å². The van der Waals surface area contributed by atoms with E-state index in [1.807, 2.05) is 0 Å². The number of phenolic OH excluding ortho intramolecular Hbond substituents is 1. The van der Waals surface area contributed by atoms with E-state index in [-0.39, 0.29) is 11.1 Å². The van der Waals surface area contributed by atoms with Crippen molar-refractivity contribution in [2.24, 2.45) is 0 Å². The molecule has 0 saturated heterocycles. The van der Waals surface area contributed by atoms with Gasteiger partial charge in [0.25, 0.3) is 0 Å². The zero-order chi connectivity index (χ0) is 11.5. The summed E-state index contributed by atoms with van der Waals surface area (Å²) >= 11 is 0. The topological polar surface area (TPSA) is 98.0 Å². The average molecular weight is 232 g/mol. The van der Waals surface area contributed by atoms with Crippen molar-refractivity contribution in [2.45, 2.75) is 6.10 Å². The minimum atomic E-state index is -3.82. The lowest BCUT2D eigenvalue weighted by atomic mass is 10.3. The summed E-state index contributed by atoms with van der Waals surface area (Å²) in [6.07, 6.45) is -1.73. The third-order valence-corrected chi connectivity index (χ3v) is 3.97. The molecule has 2 unspecified atom stereocenters. The summed E-state index contributed by atoms with van der Waals surface area (Å²) in [6.45, 7) is -0.585. The Labute approximate surface area is 87.1 Å². The largest absolute Gasteiger partial charge is 0.507 e. The molecule has 15 heavy (non-hydrogen) atoms. The fourth-order valence-corrected chi connectivity index (χ4v) is 2.84. The smallest absolute Gasteiger partial charge is 0.235 e. The first-order valence-corrected chi connectivity index (χ1v) is 6.21. The highest BCUT2D eigenvalue weighted by Gasteiger charge is 2.27. The van der Waals surface area contributed by atoms with Crippen LogP contribution in [0.5, 0.6) is 5.75 Å². The highest BCUT2D eigenvalue weighted by Crippen LogP contribution is 2.42. The molecule has 4 N–H and O–H groups in total. The number of benzene rings is 1. The van der Waals surface area contributed by atoms with Crippen LogP contribution in [0.2, 0.25) is 0 Å². The normalized spacial score (nSPS) is 17.0. The second-order valence-electron chi connectivity index (χ2n) is 3.21. The van der Waals surface area contributed by atoms with Crippen molar-refractivity contribution in [3.63, 3.8) is 0 Å². The molecule has 1 aromatic carbocycles. The maximum absolute atomic E-state index is 11.7. The van der Waals surface area contributed by atoms with Crippen LogP contribution >= 0.6 is 7.37 Å². The molecule has 0 spiro atoms. The minimum Gasteiger partial charge on any atom is -0.507 e. The van der Waals surface area contributed by atoms with Crippen LogP contribution in [-0.4, -0.2) is 39.1 Å². The van der Waals surface area contributed by atoms with E-state index in [0.717, 1.165) is 0 Å². The number of hydrogen-bond acceptors (Lipinski definition) is 4. The first-order chi connectivity index (χ1) is 6.97. The van der Waals surface area contributed by atoms with Gasteiger partial charge in [-0.2, -0.15) is 0 Å². The first-order valence-electron chi connectivity index (χ1n) is 4.36. The summed E-state index contributed by atoms with van der Waals surface area (Å²) in [6, 6.07) is 5.66. The Kier molecular flexibility index (Phi) is 3.88. The maximum Gasteiger partial charge on any atom is 0.235 e. The molecule has 1 aromatic rings. The lowest BCUT2D eigenvalue weighted by Crippen LogP contribution is -2.21. The Bertz CT molecular complexity index is 379. The molecular formula is C9H13O5P. The lowest BCUT2D eigenvalue weighted by Gasteiger charge is -2.15. The first kappa shape index (κ1) is 12.2. The summed E-state index contributed by atoms with van der Waals surface area (Å²) in [4.78, 5) is 9.59. The molecule has 0 saturated carbocycles. The van der Waals surface area contributed by atoms with Crippen LogP contribution < -0.4 is 5.30 Å². The van der Waals surface area contributed by atoms with Crippen LogP contribution in [0.25, 0.3) is 0 Å². The van der Waals surface area contributed by atoms with E-state index >= 15 is 0 Å². The van der Waals surface area contributed by atoms with E-state index in [1.165, 1.54) is 24.3 Å². The Morgan fingerprint density at radius 2 is 1.93 bits per heavy atom. The zero-order valence-electron chi connectivity index (χ0n) is 7.95. The summed E-state index contributed by atoms with van der Waals surface area (Å²) in [7, 11) is -3.82. The van der Waals surface area contributed by atoms with Crippen molar-refractivity contribution in [1.29, 1.82) is 0 Å². The molecule has 5 nitrogen and oxygen atoms in total. The standard InChI is InChI=1S/C9H13O5P/c10-5-7(11)6-15(13,14)9-4-2-1-3-8(9)12/h1-4,7,10-12H,5-6H2,(H,13,14). The van der Waals surface area contributed by atoms with Crippen molar-refractivity contribution in [1.82, 2.24) is 0 Å². The van der Waals surface area contributed by atoms with Gasteiger partial charge in [-0.1, -0.05) is 12.1 Å². The molecule has 0 aromatic heterocycles. The number of rotatable bonds is 4. The number of aliphatic hydroxyl groups excluding tert-OH is 2. The van der Waals surface area contributed by atoms with E-state index < -0.39 is 26.2 Å². The van der Waals surface area contributed by atoms with E-state index in [0.29, 0.717) is 0 Å². The fourth-order valence-electron chi connectivity index (χ4n) is 1.20. The van der Waals surface area contributed by atoms with E-state index in [9.17, 15) is 14.6 Å². The van der Waals surface area contributed by atoms with Gasteiger partial charge in [0.1, 0.15) is 5.75 Å². The number of hydrogen-bond donors (Lipinski definition) is 4. The van der Waals surface area contributed by atoms with Gasteiger partial charge in [-0.05, 0) is 12.1 Å². The van der Waals surface area contributed by atoms with Crippen LogP contribution in [0.3, 0.4) is 0 Å². The van der Waals surface area contributed by atoms with Crippen molar-refractivity contribution >= 4 is 12.7 Å². The predicted octanol–water partition coefficient (Wildman–Crippen LogP) is -0.359. The van der Waals surface area contributed by atoms with Crippen molar-refractivity contribution in [3.8, 4) is 5.75 Å². The molecule has 84 valence electrons. The van der Waals surface area contributed by atoms with Crippen LogP contribution in [0.1, 0.15) is 0 Å². The third kappa shape index (κ3) is 3.04. The van der Waals surface area contributed by atoms with Gasteiger partial charge in [0.05, 0.1) is 24.2 Å². The molecule has 0 aliphatic rings. The van der Waals surface area contributed by atoms with Crippen LogP contribution in [0, 0.1) is 0 Å². The molecule has 6 heteroatoms. The van der Waals surface area contributed by atoms with Crippen molar-refractivity contribution in [2.75, 3.05) is 12.8 Å². The Morgan fingerprint density at radius 1 is 1.33 bits per heavy atom. The lowest BCUT2D eigenvalue weighted by molar-refractivity contribution is 0.110. The van der Waals surface area contributed by atoms with Gasteiger partial charge < -0.3 is 20.2 Å². The van der Waals surface area contributed by atoms with E-state index in [2.05, 4.69) is 0 Å². The molecule has 1 rings (SSSR count). The van der Waals surface area contributed by atoms with Gasteiger partial charge in [0.2, 0.25) is 7.37 Å². The molecule has 0 aliphatic carbocycles. The molecule has 0 heterocycles. The second-order valence-corrected chi connectivity index (χ2v) is 5.46. The Balaban J connectivity index is 2.96. The summed E-state index contributed by atoms with van der Waals surface area (Å²) in [5.41, 5.74) is 0. The number of aromatic hydroxyl groups is 1. The molecule has 0 aliphatic heterocycles. The number of phenols is 1. The molecular weight excluding hydrogens is 219 g/mol. The molecule has 0 bridgehead atoms. The van der Waals surface area contributed by atoms with Gasteiger partial charge in [-0.15, -0.1) is 0 Å². The summed E-state index contributed by atoms with van der Waals surface area (Å²) in [5.74, 6) is -0.284. The molecule has 0 radical (unpaired) electrons. The number of aliphatic hydroxyl groups is 2. The minimum absolute atomic E-state index is 0.0995. The molecule has 0 fully saturated rings. The SMILES string of the molecule is O=P(O)(CC(O)CO)c1ccccc1O. The van der Waals surface area contributed by atoms with Crippen LogP contribution in [0.15, 0.2) is 24.3 Å². The zero-order valence-corrected chi connectivity index (χ0v) is 8.84. The van der Waals surface area contributed by atoms with Gasteiger partial charge in [-0.25, -0.2) is 0 Å². The highest BCUT2D eigenvalue weighted by molar-refractivity contribution is 7.66. The van der Waals surface area contributed by atoms with E-state index in [4.69, 9.17) is 10.2 Å². The maximum atomic E-state index is 11.7. The van der Waals surface area contributed by atoms with E-state index in [1.54, 1.807) is 0 Å². The summed E-state index contributed by atoms with van der Waals surface area (Å²) in [5, 5.41) is 26.9. The summed E-state index contributed by atoms with van der Waals surface area (Å²) < 4.78 is 11.7. The molecule has 0 amide bonds. The van der Waals surface area contributed by atoms with Crippen LogP contribution in [-0.2, 0) is 4.57 Å². The van der Waals surface area contributed by atoms with Gasteiger partial charge >= 0.3 is 0 Å².